The molecule has 1 fully saturated rings. The van der Waals surface area contributed by atoms with Crippen molar-refractivity contribution in [2.45, 2.75) is 32.7 Å². The zero-order valence-corrected chi connectivity index (χ0v) is 9.58. The van der Waals surface area contributed by atoms with Crippen molar-refractivity contribution in [3.05, 3.63) is 0 Å². The summed E-state index contributed by atoms with van der Waals surface area (Å²) >= 11 is 1.86. The van der Waals surface area contributed by atoms with E-state index in [9.17, 15) is 0 Å². The third kappa shape index (κ3) is 4.33. The molecule has 3 heteroatoms. The van der Waals surface area contributed by atoms with Crippen LogP contribution in [0.5, 0.6) is 0 Å². The Kier molecular flexibility index (Phi) is 8.07. The third-order valence-corrected chi connectivity index (χ3v) is 3.00. The van der Waals surface area contributed by atoms with E-state index in [0.29, 0.717) is 0 Å². The lowest BCUT2D eigenvalue weighted by atomic mass is 10.1. The van der Waals surface area contributed by atoms with E-state index in [0.717, 1.165) is 6.04 Å². The predicted molar refractivity (Wildman–Crippen MR) is 58.5 cm³/mol. The van der Waals surface area contributed by atoms with E-state index in [1.807, 2.05) is 25.8 Å². The molecule has 1 N–H and O–H groups in total. The Labute approximate surface area is 81.2 Å². The van der Waals surface area contributed by atoms with Crippen LogP contribution in [-0.2, 0) is 0 Å². The Bertz CT molecular complexity index is 78.5. The second-order valence-corrected chi connectivity index (χ2v) is 3.56. The molecule has 0 aromatic heterocycles. The van der Waals surface area contributed by atoms with Crippen molar-refractivity contribution < 1.29 is 0 Å². The van der Waals surface area contributed by atoms with Gasteiger partial charge in [-0.15, -0.1) is 0 Å². The maximum absolute atomic E-state index is 3.31. The van der Waals surface area contributed by atoms with Gasteiger partial charge in [0.1, 0.15) is 0 Å². The molecule has 2 nitrogen and oxygen atoms in total. The topological polar surface area (TPSA) is 15.3 Å². The van der Waals surface area contributed by atoms with Gasteiger partial charge < -0.3 is 5.32 Å². The van der Waals surface area contributed by atoms with E-state index >= 15 is 0 Å². The largest absolute Gasteiger partial charge is 0.317 e. The van der Waals surface area contributed by atoms with Gasteiger partial charge in [0.05, 0.1) is 0 Å². The number of hydrogen-bond donors (Lipinski definition) is 1. The van der Waals surface area contributed by atoms with E-state index in [-0.39, 0.29) is 0 Å². The number of rotatable bonds is 2. The molecule has 1 rings (SSSR count). The number of hydrogen-bond acceptors (Lipinski definition) is 3. The minimum Gasteiger partial charge on any atom is -0.317 e. The van der Waals surface area contributed by atoms with Crippen molar-refractivity contribution in [2.24, 2.45) is 0 Å². The zero-order valence-electron chi connectivity index (χ0n) is 8.76. The first-order chi connectivity index (χ1) is 5.86. The molecule has 0 aromatic rings. The quantitative estimate of drug-likeness (QED) is 0.670. The molecule has 1 saturated heterocycles. The second-order valence-electron chi connectivity index (χ2n) is 2.67. The van der Waals surface area contributed by atoms with Crippen LogP contribution in [-0.4, -0.2) is 36.7 Å². The Morgan fingerprint density at radius 1 is 1.25 bits per heavy atom. The van der Waals surface area contributed by atoms with E-state index in [1.165, 1.54) is 25.9 Å². The van der Waals surface area contributed by atoms with Gasteiger partial charge in [-0.05, 0) is 26.1 Å². The van der Waals surface area contributed by atoms with Gasteiger partial charge in [-0.1, -0.05) is 25.8 Å². The molecule has 0 unspecified atom stereocenters. The van der Waals surface area contributed by atoms with Crippen LogP contribution >= 0.6 is 11.9 Å². The van der Waals surface area contributed by atoms with Gasteiger partial charge in [-0.2, -0.15) is 0 Å². The summed E-state index contributed by atoms with van der Waals surface area (Å²) in [7, 11) is 2.05. The van der Waals surface area contributed by atoms with Crippen LogP contribution in [0.15, 0.2) is 0 Å². The third-order valence-electron chi connectivity index (χ3n) is 2.12. The summed E-state index contributed by atoms with van der Waals surface area (Å²) in [5.74, 6) is 0. The normalized spacial score (nSPS) is 20.0. The second kappa shape index (κ2) is 7.90. The van der Waals surface area contributed by atoms with Gasteiger partial charge in [0, 0.05) is 19.1 Å². The average Bonchev–Trinajstić information content (AvgIpc) is 2.21. The fraction of sp³-hybridized carbons (Fsp3) is 1.00. The van der Waals surface area contributed by atoms with E-state index < -0.39 is 0 Å². The lowest BCUT2D eigenvalue weighted by Gasteiger charge is -2.29. The summed E-state index contributed by atoms with van der Waals surface area (Å²) in [6, 6.07) is 0.767. The highest BCUT2D eigenvalue weighted by Gasteiger charge is 2.15. The highest BCUT2D eigenvalue weighted by Crippen LogP contribution is 2.15. The van der Waals surface area contributed by atoms with Crippen LogP contribution in [0, 0.1) is 0 Å². The Morgan fingerprint density at radius 3 is 2.08 bits per heavy atom. The molecule has 0 aromatic carbocycles. The maximum atomic E-state index is 3.31. The highest BCUT2D eigenvalue weighted by molar-refractivity contribution is 7.96. The number of nitrogens with one attached hydrogen (secondary N) is 1. The molecule has 0 radical (unpaired) electrons. The molecule has 1 heterocycles. The fourth-order valence-electron chi connectivity index (χ4n) is 1.33. The average molecular weight is 190 g/mol. The highest BCUT2D eigenvalue weighted by atomic mass is 32.2. The Morgan fingerprint density at radius 2 is 1.75 bits per heavy atom. The molecule has 12 heavy (non-hydrogen) atoms. The lowest BCUT2D eigenvalue weighted by molar-refractivity contribution is 0.320. The summed E-state index contributed by atoms with van der Waals surface area (Å²) in [6.07, 6.45) is 4.76. The van der Waals surface area contributed by atoms with Crippen LogP contribution in [0.25, 0.3) is 0 Å². The molecule has 0 spiro atoms. The summed E-state index contributed by atoms with van der Waals surface area (Å²) in [5, 5.41) is 3.31. The van der Waals surface area contributed by atoms with Gasteiger partial charge in [0.2, 0.25) is 0 Å². The van der Waals surface area contributed by atoms with Crippen molar-refractivity contribution in [3.63, 3.8) is 0 Å². The first-order valence-corrected chi connectivity index (χ1v) is 6.01. The van der Waals surface area contributed by atoms with E-state index in [2.05, 4.69) is 22.9 Å². The molecule has 0 aliphatic carbocycles. The minimum absolute atomic E-state index is 0.767. The Balaban J connectivity index is 0.000000561. The van der Waals surface area contributed by atoms with Crippen LogP contribution in [0.2, 0.25) is 0 Å². The van der Waals surface area contributed by atoms with Gasteiger partial charge in [0.25, 0.3) is 0 Å². The summed E-state index contributed by atoms with van der Waals surface area (Å²) in [4.78, 5) is 0. The van der Waals surface area contributed by atoms with Gasteiger partial charge in [-0.3, -0.25) is 4.31 Å². The standard InChI is InChI=1S/C7H16N2S.C2H6/c1-8-7-3-5-9(10-2)6-4-7;1-2/h7-8H,3-6H2,1-2H3;1-2H3. The van der Waals surface area contributed by atoms with Crippen LogP contribution in [0.3, 0.4) is 0 Å². The molecule has 1 aliphatic heterocycles. The van der Waals surface area contributed by atoms with Crippen molar-refractivity contribution >= 4 is 11.9 Å². The van der Waals surface area contributed by atoms with Crippen LogP contribution < -0.4 is 5.32 Å². The van der Waals surface area contributed by atoms with E-state index in [1.54, 1.807) is 0 Å². The van der Waals surface area contributed by atoms with Gasteiger partial charge in [-0.25, -0.2) is 0 Å². The summed E-state index contributed by atoms with van der Waals surface area (Å²) in [6.45, 7) is 6.49. The molecule has 0 saturated carbocycles. The first-order valence-electron chi connectivity index (χ1n) is 4.83. The zero-order chi connectivity index (χ0) is 9.40. The molecule has 0 atom stereocenters. The molecular formula is C9H22N2S. The SMILES string of the molecule is CC.CNC1CCN(SC)CC1. The van der Waals surface area contributed by atoms with E-state index in [4.69, 9.17) is 0 Å². The van der Waals surface area contributed by atoms with Gasteiger partial charge >= 0.3 is 0 Å². The molecule has 0 amide bonds. The fourth-order valence-corrected chi connectivity index (χ4v) is 1.90. The minimum atomic E-state index is 0.767. The van der Waals surface area contributed by atoms with Gasteiger partial charge in [0.15, 0.2) is 0 Å². The van der Waals surface area contributed by atoms with Crippen molar-refractivity contribution in [2.75, 3.05) is 26.4 Å². The lowest BCUT2D eigenvalue weighted by Crippen LogP contribution is -2.37. The van der Waals surface area contributed by atoms with Crippen LogP contribution in [0.4, 0.5) is 0 Å². The molecule has 1 aliphatic rings. The predicted octanol–water partition coefficient (Wildman–Crippen LogP) is 1.97. The molecular weight excluding hydrogens is 168 g/mol. The summed E-state index contributed by atoms with van der Waals surface area (Å²) in [5.41, 5.74) is 0. The van der Waals surface area contributed by atoms with Crippen molar-refractivity contribution in [1.29, 1.82) is 0 Å². The number of nitrogens with zero attached hydrogens (tertiary/aromatic N) is 1. The number of piperidine rings is 1. The maximum Gasteiger partial charge on any atom is 0.0104 e. The smallest absolute Gasteiger partial charge is 0.0104 e. The van der Waals surface area contributed by atoms with Crippen molar-refractivity contribution in [1.82, 2.24) is 9.62 Å². The first kappa shape index (κ1) is 12.3. The Hall–Kier alpha value is 0.270. The van der Waals surface area contributed by atoms with Crippen LogP contribution in [0.1, 0.15) is 26.7 Å². The summed E-state index contributed by atoms with van der Waals surface area (Å²) < 4.78 is 2.42. The molecule has 74 valence electrons. The van der Waals surface area contributed by atoms with Crippen molar-refractivity contribution in [3.8, 4) is 0 Å². The molecule has 0 bridgehead atoms. The monoisotopic (exact) mass is 190 g/mol.